The molecule has 1 heterocycles. The summed E-state index contributed by atoms with van der Waals surface area (Å²) in [5.74, 6) is 3.53. The van der Waals surface area contributed by atoms with Crippen LogP contribution >= 0.6 is 24.0 Å². The van der Waals surface area contributed by atoms with Crippen molar-refractivity contribution in [3.8, 4) is 5.75 Å². The molecule has 0 unspecified atom stereocenters. The fraction of sp³-hybridized carbons (Fsp3) is 0.448. The third-order valence-electron chi connectivity index (χ3n) is 8.30. The van der Waals surface area contributed by atoms with E-state index in [9.17, 15) is 4.79 Å². The maximum Gasteiger partial charge on any atom is 0.266 e. The first-order chi connectivity index (χ1) is 16.5. The zero-order chi connectivity index (χ0) is 23.3. The van der Waals surface area contributed by atoms with Crippen LogP contribution in [0.25, 0.3) is 6.08 Å². The number of ether oxygens (including phenoxy) is 1. The Morgan fingerprint density at radius 1 is 1.06 bits per heavy atom. The first-order valence-electron chi connectivity index (χ1n) is 12.6. The lowest BCUT2D eigenvalue weighted by atomic mass is 9.48. The lowest BCUT2D eigenvalue weighted by molar-refractivity contribution is -0.122. The zero-order valence-corrected chi connectivity index (χ0v) is 21.3. The van der Waals surface area contributed by atoms with Crippen LogP contribution < -0.4 is 4.74 Å². The molecule has 1 aliphatic heterocycles. The number of hydrogen-bond acceptors (Lipinski definition) is 4. The normalized spacial score (nSPS) is 31.0. The average molecular weight is 490 g/mol. The molecule has 3 nitrogen and oxygen atoms in total. The number of amides is 1. The number of carbonyl (C=O) groups excluding carboxylic acids is 1. The third-order valence-corrected chi connectivity index (χ3v) is 9.68. The molecule has 7 rings (SSSR count). The summed E-state index contributed by atoms with van der Waals surface area (Å²) in [4.78, 5) is 15.7. The average Bonchev–Trinajstić information content (AvgIpc) is 3.07. The highest BCUT2D eigenvalue weighted by Crippen LogP contribution is 2.61. The minimum Gasteiger partial charge on any atom is -0.493 e. The predicted octanol–water partition coefficient (Wildman–Crippen LogP) is 6.95. The molecule has 5 fully saturated rings. The van der Waals surface area contributed by atoms with Crippen LogP contribution in [0, 0.1) is 17.8 Å². The highest BCUT2D eigenvalue weighted by Gasteiger charge is 2.51. The van der Waals surface area contributed by atoms with Crippen LogP contribution in [0.2, 0.25) is 0 Å². The molecule has 1 saturated heterocycles. The van der Waals surface area contributed by atoms with Gasteiger partial charge in [-0.2, -0.15) is 0 Å². The van der Waals surface area contributed by atoms with Gasteiger partial charge >= 0.3 is 0 Å². The molecule has 2 aromatic carbocycles. The van der Waals surface area contributed by atoms with E-state index in [0.717, 1.165) is 34.6 Å². The standard InChI is InChI=1S/C29H31NO2S2/c1-2-32-25-9-8-24(29-15-20-10-21(16-29)12-22(11-20)17-29)13-23(25)14-26-27(31)30(28(33)34-26)18-19-6-4-3-5-7-19/h3-9,13-14,20-22H,2,10-12,15-18H2,1H3/b26-14-. The van der Waals surface area contributed by atoms with Crippen LogP contribution in [0.4, 0.5) is 0 Å². The second-order valence-electron chi connectivity index (χ2n) is 10.6. The molecular formula is C29H31NO2S2. The Balaban J connectivity index is 1.32. The summed E-state index contributed by atoms with van der Waals surface area (Å²) in [6.07, 6.45) is 10.3. The first-order valence-corrected chi connectivity index (χ1v) is 13.8. The maximum atomic E-state index is 13.3. The Hall–Kier alpha value is -2.11. The summed E-state index contributed by atoms with van der Waals surface area (Å²) in [7, 11) is 0. The van der Waals surface area contributed by atoms with Crippen molar-refractivity contribution < 1.29 is 9.53 Å². The summed E-state index contributed by atoms with van der Waals surface area (Å²) in [5.41, 5.74) is 3.85. The number of nitrogens with zero attached hydrogens (tertiary/aromatic N) is 1. The molecule has 0 spiro atoms. The second kappa shape index (κ2) is 8.83. The van der Waals surface area contributed by atoms with Crippen LogP contribution in [0.15, 0.2) is 53.4 Å². The van der Waals surface area contributed by atoms with Gasteiger partial charge in [0, 0.05) is 5.56 Å². The molecule has 0 atom stereocenters. The highest BCUT2D eigenvalue weighted by molar-refractivity contribution is 8.26. The number of benzene rings is 2. The Kier molecular flexibility index (Phi) is 5.81. The second-order valence-corrected chi connectivity index (χ2v) is 12.3. The van der Waals surface area contributed by atoms with E-state index in [1.807, 2.05) is 43.3 Å². The summed E-state index contributed by atoms with van der Waals surface area (Å²) in [5, 5.41) is 0. The van der Waals surface area contributed by atoms with Gasteiger partial charge in [-0.3, -0.25) is 9.69 Å². The van der Waals surface area contributed by atoms with Crippen molar-refractivity contribution in [2.75, 3.05) is 6.61 Å². The van der Waals surface area contributed by atoms with E-state index < -0.39 is 0 Å². The Morgan fingerprint density at radius 2 is 1.74 bits per heavy atom. The van der Waals surface area contributed by atoms with Crippen LogP contribution in [0.3, 0.4) is 0 Å². The van der Waals surface area contributed by atoms with Gasteiger partial charge in [0.15, 0.2) is 0 Å². The molecule has 34 heavy (non-hydrogen) atoms. The largest absolute Gasteiger partial charge is 0.493 e. The quantitative estimate of drug-likeness (QED) is 0.324. The zero-order valence-electron chi connectivity index (χ0n) is 19.7. The summed E-state index contributed by atoms with van der Waals surface area (Å²) in [6.45, 7) is 3.12. The molecule has 4 bridgehead atoms. The smallest absolute Gasteiger partial charge is 0.266 e. The van der Waals surface area contributed by atoms with Gasteiger partial charge in [-0.15, -0.1) is 0 Å². The Bertz CT molecular complexity index is 1120. The summed E-state index contributed by atoms with van der Waals surface area (Å²) < 4.78 is 6.61. The molecule has 2 aromatic rings. The lowest BCUT2D eigenvalue weighted by Gasteiger charge is -2.57. The third kappa shape index (κ3) is 4.01. The molecule has 5 aliphatic rings. The molecule has 5 heteroatoms. The van der Waals surface area contributed by atoms with E-state index in [-0.39, 0.29) is 5.91 Å². The van der Waals surface area contributed by atoms with E-state index in [4.69, 9.17) is 17.0 Å². The fourth-order valence-electron chi connectivity index (χ4n) is 7.29. The lowest BCUT2D eigenvalue weighted by Crippen LogP contribution is -2.48. The molecule has 4 saturated carbocycles. The molecular weight excluding hydrogens is 458 g/mol. The van der Waals surface area contributed by atoms with Crippen molar-refractivity contribution >= 4 is 40.3 Å². The number of rotatable bonds is 6. The van der Waals surface area contributed by atoms with Crippen molar-refractivity contribution in [1.82, 2.24) is 4.90 Å². The predicted molar refractivity (Wildman–Crippen MR) is 143 cm³/mol. The molecule has 1 amide bonds. The summed E-state index contributed by atoms with van der Waals surface area (Å²) >= 11 is 6.99. The van der Waals surface area contributed by atoms with E-state index in [1.165, 1.54) is 55.9 Å². The molecule has 0 N–H and O–H groups in total. The van der Waals surface area contributed by atoms with E-state index in [1.54, 1.807) is 4.90 Å². The van der Waals surface area contributed by atoms with Gasteiger partial charge in [0.05, 0.1) is 18.1 Å². The molecule has 176 valence electrons. The monoisotopic (exact) mass is 489 g/mol. The highest BCUT2D eigenvalue weighted by atomic mass is 32.2. The summed E-state index contributed by atoms with van der Waals surface area (Å²) in [6, 6.07) is 16.8. The maximum absolute atomic E-state index is 13.3. The topological polar surface area (TPSA) is 29.5 Å². The molecule has 0 aromatic heterocycles. The van der Waals surface area contributed by atoms with Crippen LogP contribution in [0.5, 0.6) is 5.75 Å². The minimum atomic E-state index is -0.0125. The van der Waals surface area contributed by atoms with Crippen molar-refractivity contribution in [3.05, 3.63) is 70.1 Å². The number of hydrogen-bond donors (Lipinski definition) is 0. The minimum absolute atomic E-state index is 0.0125. The van der Waals surface area contributed by atoms with Gasteiger partial charge in [-0.25, -0.2) is 0 Å². The van der Waals surface area contributed by atoms with Gasteiger partial charge in [-0.05, 0) is 98.0 Å². The number of thiocarbonyl (C=S) groups is 1. The molecule has 0 radical (unpaired) electrons. The van der Waals surface area contributed by atoms with Crippen LogP contribution in [-0.4, -0.2) is 21.7 Å². The Morgan fingerprint density at radius 3 is 2.38 bits per heavy atom. The van der Waals surface area contributed by atoms with Crippen molar-refractivity contribution in [2.24, 2.45) is 17.8 Å². The van der Waals surface area contributed by atoms with E-state index in [0.29, 0.717) is 27.8 Å². The van der Waals surface area contributed by atoms with Gasteiger partial charge in [0.1, 0.15) is 10.1 Å². The van der Waals surface area contributed by atoms with Crippen molar-refractivity contribution in [1.29, 1.82) is 0 Å². The van der Waals surface area contributed by atoms with Gasteiger partial charge < -0.3 is 4.74 Å². The Labute approximate surface area is 211 Å². The van der Waals surface area contributed by atoms with Gasteiger partial charge in [0.2, 0.25) is 0 Å². The fourth-order valence-corrected chi connectivity index (χ4v) is 8.53. The number of thioether (sulfide) groups is 1. The van der Waals surface area contributed by atoms with Gasteiger partial charge in [-0.1, -0.05) is 60.4 Å². The van der Waals surface area contributed by atoms with E-state index in [2.05, 4.69) is 18.2 Å². The van der Waals surface area contributed by atoms with Gasteiger partial charge in [0.25, 0.3) is 5.91 Å². The first kappa shape index (κ1) is 22.4. The van der Waals surface area contributed by atoms with Crippen LogP contribution in [-0.2, 0) is 16.8 Å². The van der Waals surface area contributed by atoms with Crippen LogP contribution in [0.1, 0.15) is 62.1 Å². The number of carbonyl (C=O) groups is 1. The van der Waals surface area contributed by atoms with Crippen molar-refractivity contribution in [2.45, 2.75) is 57.4 Å². The molecule has 4 aliphatic carbocycles. The SMILES string of the molecule is CCOc1ccc(C23CC4CC(CC(C4)C2)C3)cc1/C=C1\SC(=S)N(Cc2ccccc2)C1=O. The van der Waals surface area contributed by atoms with E-state index >= 15 is 0 Å². The van der Waals surface area contributed by atoms with Crippen molar-refractivity contribution in [3.63, 3.8) is 0 Å².